The Morgan fingerprint density at radius 3 is 2.58 bits per heavy atom. The number of rotatable bonds is 7. The first kappa shape index (κ1) is 24.3. The number of nitrogens with zero attached hydrogens (tertiary/aromatic N) is 5. The van der Waals surface area contributed by atoms with Gasteiger partial charge in [0.15, 0.2) is 5.65 Å². The number of aromatic nitrogens is 5. The summed E-state index contributed by atoms with van der Waals surface area (Å²) in [6.45, 7) is -0.242. The number of ether oxygens (including phenoxy) is 1. The van der Waals surface area contributed by atoms with Gasteiger partial charge in [0.2, 0.25) is 11.8 Å². The van der Waals surface area contributed by atoms with Gasteiger partial charge in [-0.3, -0.25) is 9.59 Å². The van der Waals surface area contributed by atoms with Crippen LogP contribution >= 0.6 is 0 Å². The van der Waals surface area contributed by atoms with Crippen LogP contribution in [0.1, 0.15) is 10.4 Å². The number of fused-ring (bicyclic) bond motifs is 1. The van der Waals surface area contributed by atoms with E-state index in [4.69, 9.17) is 10.5 Å². The third kappa shape index (κ3) is 4.95. The monoisotopic (exact) mass is 512 g/mol. The predicted octanol–water partition coefficient (Wildman–Crippen LogP) is 3.40. The summed E-state index contributed by atoms with van der Waals surface area (Å²) in [4.78, 5) is 37.1. The number of carbonyl (C=O) groups excluding carboxylic acids is 2. The lowest BCUT2D eigenvalue weighted by Gasteiger charge is -2.08. The van der Waals surface area contributed by atoms with Gasteiger partial charge in [-0.2, -0.15) is 5.10 Å². The Balaban J connectivity index is 1.39. The molecule has 11 nitrogen and oxygen atoms in total. The Hall–Kier alpha value is -5.39. The van der Waals surface area contributed by atoms with Crippen LogP contribution in [0, 0.1) is 5.82 Å². The molecule has 190 valence electrons. The van der Waals surface area contributed by atoms with E-state index in [2.05, 4.69) is 30.7 Å². The van der Waals surface area contributed by atoms with E-state index in [9.17, 15) is 14.0 Å². The van der Waals surface area contributed by atoms with Crippen molar-refractivity contribution in [3.63, 3.8) is 0 Å². The number of nitrogens with one attached hydrogen (secondary N) is 2. The third-order valence-electron chi connectivity index (χ3n) is 5.55. The molecule has 5 aromatic rings. The van der Waals surface area contributed by atoms with Crippen LogP contribution in [0.15, 0.2) is 73.2 Å². The van der Waals surface area contributed by atoms with E-state index in [-0.39, 0.29) is 23.6 Å². The molecule has 0 aliphatic carbocycles. The number of benzene rings is 2. The van der Waals surface area contributed by atoms with Crippen LogP contribution < -0.4 is 21.1 Å². The van der Waals surface area contributed by atoms with Crippen LogP contribution in [0.4, 0.5) is 15.9 Å². The van der Waals surface area contributed by atoms with E-state index < -0.39 is 17.6 Å². The molecule has 0 bridgehead atoms. The fraction of sp³-hybridized carbons (Fsp3) is 0.0769. The van der Waals surface area contributed by atoms with E-state index in [1.165, 1.54) is 30.2 Å². The minimum absolute atomic E-state index is 0.130. The van der Waals surface area contributed by atoms with Crippen LogP contribution in [0.3, 0.4) is 0 Å². The maximum absolute atomic E-state index is 14.3. The van der Waals surface area contributed by atoms with E-state index in [1.54, 1.807) is 18.3 Å². The Kier molecular flexibility index (Phi) is 6.59. The molecular formula is C26H21FN8O3. The highest BCUT2D eigenvalue weighted by atomic mass is 19.1. The van der Waals surface area contributed by atoms with E-state index >= 15 is 0 Å². The fourth-order valence-electron chi connectivity index (χ4n) is 3.78. The Bertz CT molecular complexity index is 1640. The molecule has 0 aliphatic rings. The molecule has 0 fully saturated rings. The van der Waals surface area contributed by atoms with Crippen molar-refractivity contribution in [2.75, 3.05) is 18.1 Å². The van der Waals surface area contributed by atoms with Gasteiger partial charge in [0.1, 0.15) is 36.0 Å². The van der Waals surface area contributed by atoms with E-state index in [0.29, 0.717) is 33.9 Å². The summed E-state index contributed by atoms with van der Waals surface area (Å²) >= 11 is 0. The normalized spacial score (nSPS) is 10.8. The third-order valence-corrected chi connectivity index (χ3v) is 5.55. The van der Waals surface area contributed by atoms with E-state index in [0.717, 1.165) is 6.07 Å². The number of carbonyl (C=O) groups is 2. The first-order valence-electron chi connectivity index (χ1n) is 11.4. The zero-order valence-electron chi connectivity index (χ0n) is 20.1. The Morgan fingerprint density at radius 2 is 1.87 bits per heavy atom. The summed E-state index contributed by atoms with van der Waals surface area (Å²) < 4.78 is 21.4. The van der Waals surface area contributed by atoms with Gasteiger partial charge in [-0.1, -0.05) is 18.2 Å². The highest BCUT2D eigenvalue weighted by molar-refractivity contribution is 5.99. The number of nitrogens with two attached hydrogens (primary N) is 1. The number of halogens is 1. The van der Waals surface area contributed by atoms with Crippen molar-refractivity contribution in [1.82, 2.24) is 30.0 Å². The number of nitrogen functional groups attached to an aromatic ring is 1. The average molecular weight is 513 g/mol. The molecule has 0 spiro atoms. The topological polar surface area (TPSA) is 150 Å². The summed E-state index contributed by atoms with van der Waals surface area (Å²) in [6.07, 6.45) is 2.85. The highest BCUT2D eigenvalue weighted by Crippen LogP contribution is 2.31. The van der Waals surface area contributed by atoms with Crippen molar-refractivity contribution in [3.05, 3.63) is 84.6 Å². The van der Waals surface area contributed by atoms with Crippen LogP contribution in [0.25, 0.3) is 22.3 Å². The minimum Gasteiger partial charge on any atom is -0.439 e. The molecule has 0 saturated carbocycles. The van der Waals surface area contributed by atoms with Gasteiger partial charge in [-0.05, 0) is 36.4 Å². The van der Waals surface area contributed by atoms with E-state index in [1.807, 2.05) is 30.3 Å². The van der Waals surface area contributed by atoms with Crippen LogP contribution in [-0.4, -0.2) is 43.6 Å². The molecule has 4 N–H and O–H groups in total. The summed E-state index contributed by atoms with van der Waals surface area (Å²) in [5, 5.41) is 9.96. The van der Waals surface area contributed by atoms with Crippen molar-refractivity contribution >= 4 is 34.4 Å². The lowest BCUT2D eigenvalue weighted by molar-refractivity contribution is -0.116. The molecule has 0 radical (unpaired) electrons. The van der Waals surface area contributed by atoms with Gasteiger partial charge >= 0.3 is 0 Å². The molecule has 5 rings (SSSR count). The summed E-state index contributed by atoms with van der Waals surface area (Å²) in [7, 11) is 1.40. The number of anilines is 2. The standard InChI is InChI=1S/C26H21FN8O3/c1-29-26(37)18-9-8-16(11-19(18)27)33-20(36)13-35-25-22(24(28)31-14-32-25)23(34-35)15-7-10-21(30-12-15)38-17-5-3-2-4-6-17/h2-12,14H,13H2,1H3,(H,29,37)(H,33,36)(H2,28,31,32). The number of pyridine rings is 1. The van der Waals surface area contributed by atoms with Crippen LogP contribution in [0.5, 0.6) is 11.6 Å². The van der Waals surface area contributed by atoms with Crippen molar-refractivity contribution in [2.45, 2.75) is 6.54 Å². The number of para-hydroxylation sites is 1. The Labute approximate surface area is 215 Å². The van der Waals surface area contributed by atoms with Crippen molar-refractivity contribution in [3.8, 4) is 22.9 Å². The van der Waals surface area contributed by atoms with Gasteiger partial charge < -0.3 is 21.1 Å². The molecule has 2 aromatic carbocycles. The predicted molar refractivity (Wildman–Crippen MR) is 138 cm³/mol. The fourth-order valence-corrected chi connectivity index (χ4v) is 3.78. The smallest absolute Gasteiger partial charge is 0.253 e. The van der Waals surface area contributed by atoms with Crippen molar-refractivity contribution in [2.24, 2.45) is 0 Å². The first-order chi connectivity index (χ1) is 18.4. The maximum atomic E-state index is 14.3. The molecule has 0 unspecified atom stereocenters. The molecule has 38 heavy (non-hydrogen) atoms. The molecule has 3 aromatic heterocycles. The second kappa shape index (κ2) is 10.3. The number of hydrogen-bond donors (Lipinski definition) is 3. The summed E-state index contributed by atoms with van der Waals surface area (Å²) in [6, 6.07) is 16.5. The quantitative estimate of drug-likeness (QED) is 0.300. The number of amides is 2. The molecule has 12 heteroatoms. The van der Waals surface area contributed by atoms with Crippen molar-refractivity contribution < 1.29 is 18.7 Å². The first-order valence-corrected chi connectivity index (χ1v) is 11.4. The molecule has 0 aliphatic heterocycles. The van der Waals surface area contributed by atoms with Gasteiger partial charge in [0.05, 0.1) is 10.9 Å². The lowest BCUT2D eigenvalue weighted by atomic mass is 10.1. The largest absolute Gasteiger partial charge is 0.439 e. The van der Waals surface area contributed by atoms with Gasteiger partial charge in [0, 0.05) is 30.6 Å². The van der Waals surface area contributed by atoms with Gasteiger partial charge in [-0.15, -0.1) is 0 Å². The minimum atomic E-state index is -0.762. The van der Waals surface area contributed by atoms with Crippen LogP contribution in [-0.2, 0) is 11.3 Å². The molecule has 0 saturated heterocycles. The second-order valence-electron chi connectivity index (χ2n) is 8.09. The summed E-state index contributed by atoms with van der Waals surface area (Å²) in [5.74, 6) is -0.594. The molecule has 0 atom stereocenters. The molecule has 2 amide bonds. The second-order valence-corrected chi connectivity index (χ2v) is 8.09. The zero-order valence-corrected chi connectivity index (χ0v) is 20.1. The highest BCUT2D eigenvalue weighted by Gasteiger charge is 2.19. The molecular weight excluding hydrogens is 491 g/mol. The Morgan fingerprint density at radius 1 is 1.05 bits per heavy atom. The molecule has 3 heterocycles. The van der Waals surface area contributed by atoms with Gasteiger partial charge in [-0.25, -0.2) is 24.0 Å². The van der Waals surface area contributed by atoms with Crippen molar-refractivity contribution in [1.29, 1.82) is 0 Å². The maximum Gasteiger partial charge on any atom is 0.253 e. The van der Waals surface area contributed by atoms with Gasteiger partial charge in [0.25, 0.3) is 5.91 Å². The SMILES string of the molecule is CNC(=O)c1ccc(NC(=O)Cn2nc(-c3ccc(Oc4ccccc4)nc3)c3c(N)ncnc32)cc1F. The van der Waals surface area contributed by atoms with Crippen LogP contribution in [0.2, 0.25) is 0 Å². The summed E-state index contributed by atoms with van der Waals surface area (Å²) in [5.41, 5.74) is 7.58. The number of hydrogen-bond acceptors (Lipinski definition) is 8. The lowest BCUT2D eigenvalue weighted by Crippen LogP contribution is -2.21. The zero-order chi connectivity index (χ0) is 26.6. The average Bonchev–Trinajstić information content (AvgIpc) is 3.28.